The van der Waals surface area contributed by atoms with Gasteiger partial charge in [0.2, 0.25) is 17.8 Å². The summed E-state index contributed by atoms with van der Waals surface area (Å²) in [6.07, 6.45) is 5.19. The predicted octanol–water partition coefficient (Wildman–Crippen LogP) is 1.31. The van der Waals surface area contributed by atoms with E-state index in [9.17, 15) is 14.0 Å². The molecule has 4 heterocycles. The van der Waals surface area contributed by atoms with E-state index >= 15 is 0 Å². The molecule has 3 aliphatic rings. The minimum absolute atomic E-state index is 0.0353. The highest BCUT2D eigenvalue weighted by molar-refractivity contribution is 6.15. The van der Waals surface area contributed by atoms with Gasteiger partial charge in [-0.15, -0.1) is 0 Å². The Balaban J connectivity index is 1.57. The molecule has 0 bridgehead atoms. The second kappa shape index (κ2) is 6.78. The number of fused-ring (bicyclic) bond motifs is 1. The van der Waals surface area contributed by atoms with Crippen LogP contribution in [0.2, 0.25) is 0 Å². The van der Waals surface area contributed by atoms with E-state index in [0.29, 0.717) is 47.6 Å². The van der Waals surface area contributed by atoms with Crippen molar-refractivity contribution in [2.75, 3.05) is 23.3 Å². The Morgan fingerprint density at radius 3 is 2.79 bits per heavy atom. The van der Waals surface area contributed by atoms with Crippen molar-refractivity contribution >= 4 is 35.4 Å². The van der Waals surface area contributed by atoms with E-state index in [0.717, 1.165) is 0 Å². The van der Waals surface area contributed by atoms with E-state index in [1.807, 2.05) is 4.90 Å². The second-order valence-electron chi connectivity index (χ2n) is 8.01. The number of carbonyl (C=O) groups is 2. The summed E-state index contributed by atoms with van der Waals surface area (Å²) in [5.41, 5.74) is 1.50. The molecule has 0 aromatic carbocycles. The van der Waals surface area contributed by atoms with Gasteiger partial charge in [-0.05, 0) is 38.2 Å². The molecule has 2 aliphatic heterocycles. The summed E-state index contributed by atoms with van der Waals surface area (Å²) in [5, 5.41) is 10.0. The SMILES string of the molecule is CC(Nc1nc(N2CCC(F)C2)n2ncc(/C=C3\CC(=O)NC3=O)c2n1)C1CC1. The van der Waals surface area contributed by atoms with Gasteiger partial charge >= 0.3 is 0 Å². The molecule has 2 aromatic heterocycles. The number of anilines is 2. The first-order valence-electron chi connectivity index (χ1n) is 9.94. The van der Waals surface area contributed by atoms with Gasteiger partial charge in [0.15, 0.2) is 5.65 Å². The van der Waals surface area contributed by atoms with Crippen LogP contribution in [-0.4, -0.2) is 56.7 Å². The quantitative estimate of drug-likeness (QED) is 0.577. The summed E-state index contributed by atoms with van der Waals surface area (Å²) in [4.78, 5) is 34.5. The molecule has 29 heavy (non-hydrogen) atoms. The molecular formula is C19H22FN7O2. The zero-order chi connectivity index (χ0) is 20.1. The number of rotatable bonds is 5. The summed E-state index contributed by atoms with van der Waals surface area (Å²) in [6.45, 7) is 2.92. The molecule has 3 fully saturated rings. The fraction of sp³-hybridized carbons (Fsp3) is 0.526. The monoisotopic (exact) mass is 399 g/mol. The summed E-state index contributed by atoms with van der Waals surface area (Å²) in [7, 11) is 0. The number of nitrogens with zero attached hydrogens (tertiary/aromatic N) is 5. The Morgan fingerprint density at radius 1 is 1.31 bits per heavy atom. The van der Waals surface area contributed by atoms with Gasteiger partial charge in [-0.1, -0.05) is 0 Å². The maximum Gasteiger partial charge on any atom is 0.254 e. The number of halogens is 1. The van der Waals surface area contributed by atoms with Gasteiger partial charge in [0.05, 0.1) is 19.2 Å². The molecule has 152 valence electrons. The third kappa shape index (κ3) is 3.43. The number of aromatic nitrogens is 4. The Bertz CT molecular complexity index is 1030. The van der Waals surface area contributed by atoms with Gasteiger partial charge in [0.1, 0.15) is 6.17 Å². The van der Waals surface area contributed by atoms with Crippen LogP contribution in [0.5, 0.6) is 0 Å². The largest absolute Gasteiger partial charge is 0.351 e. The van der Waals surface area contributed by atoms with Crippen molar-refractivity contribution in [2.24, 2.45) is 5.92 Å². The number of hydrogen-bond donors (Lipinski definition) is 2. The minimum atomic E-state index is -0.896. The van der Waals surface area contributed by atoms with E-state index in [1.54, 1.807) is 16.8 Å². The molecular weight excluding hydrogens is 377 g/mol. The Hall–Kier alpha value is -3.04. The first kappa shape index (κ1) is 18.0. The normalized spacial score (nSPS) is 24.6. The number of carbonyl (C=O) groups excluding carboxylic acids is 2. The summed E-state index contributed by atoms with van der Waals surface area (Å²) >= 11 is 0. The van der Waals surface area contributed by atoms with Crippen LogP contribution in [0.25, 0.3) is 11.7 Å². The lowest BCUT2D eigenvalue weighted by Crippen LogP contribution is -2.26. The standard InChI is InChI=1S/C19H22FN7O2/c1-10(11-2-3-11)22-18-24-16-13(6-12-7-15(28)23-17(12)29)8-21-27(16)19(25-18)26-5-4-14(20)9-26/h6,8,10-11,14H,2-5,7,9H2,1H3,(H,22,24)(H,23,28,29)/b12-6+. The lowest BCUT2D eigenvalue weighted by molar-refractivity contribution is -0.124. The van der Waals surface area contributed by atoms with Crippen LogP contribution in [0.4, 0.5) is 16.3 Å². The van der Waals surface area contributed by atoms with Gasteiger partial charge in [0.25, 0.3) is 5.91 Å². The number of amides is 2. The van der Waals surface area contributed by atoms with Gasteiger partial charge in [-0.25, -0.2) is 4.39 Å². The smallest absolute Gasteiger partial charge is 0.254 e. The summed E-state index contributed by atoms with van der Waals surface area (Å²) in [5.74, 6) is 0.877. The molecule has 0 radical (unpaired) electrons. The Morgan fingerprint density at radius 2 is 2.14 bits per heavy atom. The third-order valence-corrected chi connectivity index (χ3v) is 5.70. The summed E-state index contributed by atoms with van der Waals surface area (Å²) < 4.78 is 15.4. The number of imide groups is 1. The van der Waals surface area contributed by atoms with Crippen molar-refractivity contribution in [3.63, 3.8) is 0 Å². The number of nitrogens with one attached hydrogen (secondary N) is 2. The van der Waals surface area contributed by atoms with Crippen LogP contribution in [0.15, 0.2) is 11.8 Å². The van der Waals surface area contributed by atoms with Gasteiger partial charge in [-0.2, -0.15) is 19.6 Å². The van der Waals surface area contributed by atoms with Crippen LogP contribution < -0.4 is 15.5 Å². The van der Waals surface area contributed by atoms with Crippen LogP contribution in [0.1, 0.15) is 38.2 Å². The first-order valence-corrected chi connectivity index (χ1v) is 9.94. The maximum absolute atomic E-state index is 13.8. The highest BCUT2D eigenvalue weighted by Crippen LogP contribution is 2.34. The van der Waals surface area contributed by atoms with Crippen LogP contribution >= 0.6 is 0 Å². The second-order valence-corrected chi connectivity index (χ2v) is 8.01. The molecule has 10 heteroatoms. The Labute approximate surface area is 166 Å². The molecule has 2 aromatic rings. The van der Waals surface area contributed by atoms with Crippen molar-refractivity contribution in [1.82, 2.24) is 24.9 Å². The molecule has 1 saturated carbocycles. The predicted molar refractivity (Wildman–Crippen MR) is 104 cm³/mol. The number of hydrogen-bond acceptors (Lipinski definition) is 7. The van der Waals surface area contributed by atoms with Gasteiger partial charge < -0.3 is 10.2 Å². The van der Waals surface area contributed by atoms with E-state index in [2.05, 4.69) is 32.6 Å². The van der Waals surface area contributed by atoms with Crippen molar-refractivity contribution in [1.29, 1.82) is 0 Å². The van der Waals surface area contributed by atoms with Crippen molar-refractivity contribution < 1.29 is 14.0 Å². The lowest BCUT2D eigenvalue weighted by Gasteiger charge is -2.19. The lowest BCUT2D eigenvalue weighted by atomic mass is 10.1. The molecule has 2 atom stereocenters. The van der Waals surface area contributed by atoms with Crippen LogP contribution in [-0.2, 0) is 9.59 Å². The zero-order valence-corrected chi connectivity index (χ0v) is 16.1. The summed E-state index contributed by atoms with van der Waals surface area (Å²) in [6, 6.07) is 0.237. The average molecular weight is 399 g/mol. The Kier molecular flexibility index (Phi) is 4.21. The van der Waals surface area contributed by atoms with E-state index in [-0.39, 0.29) is 24.9 Å². The van der Waals surface area contributed by atoms with Crippen LogP contribution in [0, 0.1) is 5.92 Å². The fourth-order valence-corrected chi connectivity index (χ4v) is 3.88. The third-order valence-electron chi connectivity index (χ3n) is 5.70. The van der Waals surface area contributed by atoms with Crippen molar-refractivity contribution in [3.05, 3.63) is 17.3 Å². The van der Waals surface area contributed by atoms with Crippen molar-refractivity contribution in [2.45, 2.75) is 44.8 Å². The molecule has 5 rings (SSSR count). The molecule has 0 spiro atoms. The fourth-order valence-electron chi connectivity index (χ4n) is 3.88. The first-order chi connectivity index (χ1) is 14.0. The highest BCUT2D eigenvalue weighted by Gasteiger charge is 2.30. The average Bonchev–Trinajstić information content (AvgIpc) is 3.22. The van der Waals surface area contributed by atoms with E-state index in [4.69, 9.17) is 0 Å². The molecule has 2 unspecified atom stereocenters. The highest BCUT2D eigenvalue weighted by atomic mass is 19.1. The molecule has 1 aliphatic carbocycles. The van der Waals surface area contributed by atoms with E-state index < -0.39 is 12.1 Å². The molecule has 9 nitrogen and oxygen atoms in total. The topological polar surface area (TPSA) is 105 Å². The molecule has 2 amide bonds. The molecule has 2 saturated heterocycles. The maximum atomic E-state index is 13.8. The van der Waals surface area contributed by atoms with E-state index in [1.165, 1.54) is 12.8 Å². The van der Waals surface area contributed by atoms with Gasteiger partial charge in [0, 0.05) is 23.7 Å². The zero-order valence-electron chi connectivity index (χ0n) is 16.1. The number of alkyl halides is 1. The van der Waals surface area contributed by atoms with Crippen molar-refractivity contribution in [3.8, 4) is 0 Å². The molecule has 2 N–H and O–H groups in total. The van der Waals surface area contributed by atoms with Gasteiger partial charge in [-0.3, -0.25) is 14.9 Å². The van der Waals surface area contributed by atoms with Crippen LogP contribution in [0.3, 0.4) is 0 Å². The minimum Gasteiger partial charge on any atom is -0.351 e.